The molecule has 19 heavy (non-hydrogen) atoms. The summed E-state index contributed by atoms with van der Waals surface area (Å²) in [5.41, 5.74) is 1.46. The molecule has 8 heteroatoms. The first-order chi connectivity index (χ1) is 9.08. The first-order valence-electron chi connectivity index (χ1n) is 5.48. The second kappa shape index (κ2) is 5.35. The Morgan fingerprint density at radius 1 is 1.42 bits per heavy atom. The van der Waals surface area contributed by atoms with Gasteiger partial charge >= 0.3 is 11.9 Å². The van der Waals surface area contributed by atoms with Crippen molar-refractivity contribution in [3.8, 4) is 0 Å². The van der Waals surface area contributed by atoms with E-state index < -0.39 is 17.9 Å². The third-order valence-electron chi connectivity index (χ3n) is 2.83. The van der Waals surface area contributed by atoms with Gasteiger partial charge < -0.3 is 9.47 Å². The average Bonchev–Trinajstić information content (AvgIpc) is 3.02. The first kappa shape index (κ1) is 13.5. The minimum Gasteiger partial charge on any atom is -0.469 e. The summed E-state index contributed by atoms with van der Waals surface area (Å²) < 4.78 is 9.25. The van der Waals surface area contributed by atoms with E-state index >= 15 is 0 Å². The smallest absolute Gasteiger partial charge is 0.351 e. The molecule has 0 N–H and O–H groups in total. The number of carbonyl (C=O) groups excluding carboxylic acids is 3. The monoisotopic (exact) mass is 284 g/mol. The van der Waals surface area contributed by atoms with Gasteiger partial charge in [-0.2, -0.15) is 0 Å². The van der Waals surface area contributed by atoms with Gasteiger partial charge in [0, 0.05) is 13.0 Å². The van der Waals surface area contributed by atoms with E-state index in [-0.39, 0.29) is 29.6 Å². The van der Waals surface area contributed by atoms with Gasteiger partial charge in [0.2, 0.25) is 5.91 Å². The molecule has 1 unspecified atom stereocenters. The number of thiazole rings is 1. The predicted molar refractivity (Wildman–Crippen MR) is 65.9 cm³/mol. The second-order valence-corrected chi connectivity index (χ2v) is 4.78. The molecule has 1 aliphatic rings. The Hall–Kier alpha value is -1.96. The van der Waals surface area contributed by atoms with Crippen LogP contribution in [0.2, 0.25) is 0 Å². The Bertz CT molecular complexity index is 527. The molecule has 1 fully saturated rings. The zero-order valence-electron chi connectivity index (χ0n) is 10.4. The van der Waals surface area contributed by atoms with Crippen LogP contribution in [0.3, 0.4) is 0 Å². The molecule has 0 aromatic carbocycles. The summed E-state index contributed by atoms with van der Waals surface area (Å²) >= 11 is 1.09. The Labute approximate surface area is 113 Å². The SMILES string of the molecule is COC(=O)c1scnc1N1CC(C(=O)OC)CC1=O. The van der Waals surface area contributed by atoms with Gasteiger partial charge in [-0.15, -0.1) is 11.3 Å². The minimum absolute atomic E-state index is 0.0603. The van der Waals surface area contributed by atoms with Crippen molar-refractivity contribution in [2.75, 3.05) is 25.7 Å². The Balaban J connectivity index is 2.24. The number of ether oxygens (including phenoxy) is 2. The first-order valence-corrected chi connectivity index (χ1v) is 6.36. The lowest BCUT2D eigenvalue weighted by Crippen LogP contribution is -2.28. The van der Waals surface area contributed by atoms with Gasteiger partial charge in [-0.25, -0.2) is 9.78 Å². The number of carbonyl (C=O) groups is 3. The predicted octanol–water partition coefficient (Wildman–Crippen LogP) is 0.456. The quantitative estimate of drug-likeness (QED) is 0.749. The van der Waals surface area contributed by atoms with Crippen LogP contribution >= 0.6 is 11.3 Å². The number of hydrogen-bond acceptors (Lipinski definition) is 7. The summed E-state index contributed by atoms with van der Waals surface area (Å²) in [4.78, 5) is 40.5. The molecule has 1 aliphatic heterocycles. The zero-order valence-corrected chi connectivity index (χ0v) is 11.2. The molecule has 0 radical (unpaired) electrons. The zero-order chi connectivity index (χ0) is 14.0. The van der Waals surface area contributed by atoms with Crippen LogP contribution < -0.4 is 4.90 Å². The van der Waals surface area contributed by atoms with Gasteiger partial charge in [0.25, 0.3) is 0 Å². The number of anilines is 1. The van der Waals surface area contributed by atoms with E-state index in [1.165, 1.54) is 24.6 Å². The molecule has 0 saturated carbocycles. The van der Waals surface area contributed by atoms with E-state index in [2.05, 4.69) is 14.5 Å². The van der Waals surface area contributed by atoms with Gasteiger partial charge in [0.1, 0.15) is 0 Å². The van der Waals surface area contributed by atoms with Crippen molar-refractivity contribution in [1.82, 2.24) is 4.98 Å². The summed E-state index contributed by atoms with van der Waals surface area (Å²) in [6.07, 6.45) is 0.0603. The molecule has 1 aromatic heterocycles. The number of hydrogen-bond donors (Lipinski definition) is 0. The largest absolute Gasteiger partial charge is 0.469 e. The van der Waals surface area contributed by atoms with E-state index in [4.69, 9.17) is 0 Å². The van der Waals surface area contributed by atoms with Crippen LogP contribution in [0.1, 0.15) is 16.1 Å². The maximum Gasteiger partial charge on any atom is 0.351 e. The maximum absolute atomic E-state index is 11.9. The number of amides is 1. The third kappa shape index (κ3) is 2.43. The van der Waals surface area contributed by atoms with Crippen molar-refractivity contribution < 1.29 is 23.9 Å². The number of methoxy groups -OCH3 is 2. The lowest BCUT2D eigenvalue weighted by Gasteiger charge is -2.14. The highest BCUT2D eigenvalue weighted by Crippen LogP contribution is 2.30. The number of rotatable bonds is 3. The highest BCUT2D eigenvalue weighted by Gasteiger charge is 2.38. The summed E-state index contributed by atoms with van der Waals surface area (Å²) in [6, 6.07) is 0. The fourth-order valence-electron chi connectivity index (χ4n) is 1.90. The van der Waals surface area contributed by atoms with Crippen molar-refractivity contribution in [1.29, 1.82) is 0 Å². The van der Waals surface area contributed by atoms with Gasteiger partial charge in [-0.3, -0.25) is 14.5 Å². The van der Waals surface area contributed by atoms with Crippen LogP contribution in [0, 0.1) is 5.92 Å². The van der Waals surface area contributed by atoms with Crippen molar-refractivity contribution in [3.63, 3.8) is 0 Å². The minimum atomic E-state index is -0.549. The average molecular weight is 284 g/mol. The van der Waals surface area contributed by atoms with E-state index in [0.29, 0.717) is 0 Å². The van der Waals surface area contributed by atoms with Crippen LogP contribution in [-0.4, -0.2) is 43.6 Å². The van der Waals surface area contributed by atoms with Crippen molar-refractivity contribution in [2.45, 2.75) is 6.42 Å². The molecule has 0 bridgehead atoms. The summed E-state index contributed by atoms with van der Waals surface area (Å²) in [7, 11) is 2.53. The van der Waals surface area contributed by atoms with E-state index in [9.17, 15) is 14.4 Å². The van der Waals surface area contributed by atoms with Gasteiger partial charge in [-0.05, 0) is 0 Å². The highest BCUT2D eigenvalue weighted by atomic mass is 32.1. The second-order valence-electron chi connectivity index (χ2n) is 3.93. The van der Waals surface area contributed by atoms with Gasteiger partial charge in [0.15, 0.2) is 10.7 Å². The van der Waals surface area contributed by atoms with Crippen LogP contribution in [0.5, 0.6) is 0 Å². The Morgan fingerprint density at radius 2 is 2.16 bits per heavy atom. The fraction of sp³-hybridized carbons (Fsp3) is 0.455. The standard InChI is InChI=1S/C11H12N2O5S/c1-17-10(15)6-3-7(14)13(4-6)9-8(11(16)18-2)19-5-12-9/h5-6H,3-4H2,1-2H3. The van der Waals surface area contributed by atoms with Crippen LogP contribution in [0.4, 0.5) is 5.82 Å². The molecule has 102 valence electrons. The summed E-state index contributed by atoms with van der Waals surface area (Å²) in [5, 5.41) is 0. The van der Waals surface area contributed by atoms with Crippen molar-refractivity contribution in [2.24, 2.45) is 5.92 Å². The van der Waals surface area contributed by atoms with Gasteiger partial charge in [0.05, 0.1) is 25.6 Å². The molecule has 0 aliphatic carbocycles. The molecular weight excluding hydrogens is 272 g/mol. The molecular formula is C11H12N2O5S. The molecule has 1 amide bonds. The van der Waals surface area contributed by atoms with Crippen molar-refractivity contribution in [3.05, 3.63) is 10.4 Å². The number of nitrogens with zero attached hydrogens (tertiary/aromatic N) is 2. The molecule has 0 spiro atoms. The Morgan fingerprint density at radius 3 is 2.79 bits per heavy atom. The molecule has 7 nitrogen and oxygen atoms in total. The molecule has 1 atom stereocenters. The van der Waals surface area contributed by atoms with Crippen molar-refractivity contribution >= 4 is 35.0 Å². The number of aromatic nitrogens is 1. The lowest BCUT2D eigenvalue weighted by atomic mass is 10.1. The van der Waals surface area contributed by atoms with E-state index in [0.717, 1.165) is 11.3 Å². The molecule has 1 saturated heterocycles. The fourth-order valence-corrected chi connectivity index (χ4v) is 2.61. The summed E-state index contributed by atoms with van der Waals surface area (Å²) in [6.45, 7) is 0.166. The molecule has 2 heterocycles. The third-order valence-corrected chi connectivity index (χ3v) is 3.63. The van der Waals surface area contributed by atoms with Crippen LogP contribution in [-0.2, 0) is 19.1 Å². The van der Waals surface area contributed by atoms with Gasteiger partial charge in [-0.1, -0.05) is 0 Å². The molecule has 1 aromatic rings. The maximum atomic E-state index is 11.9. The normalized spacial score (nSPS) is 18.5. The number of esters is 2. The molecule has 2 rings (SSSR count). The summed E-state index contributed by atoms with van der Waals surface area (Å²) in [5.74, 6) is -1.53. The lowest BCUT2D eigenvalue weighted by molar-refractivity contribution is -0.145. The Kier molecular flexibility index (Phi) is 3.79. The van der Waals surface area contributed by atoms with Crippen LogP contribution in [0.25, 0.3) is 0 Å². The van der Waals surface area contributed by atoms with Crippen LogP contribution in [0.15, 0.2) is 5.51 Å². The van der Waals surface area contributed by atoms with E-state index in [1.54, 1.807) is 0 Å². The van der Waals surface area contributed by atoms with E-state index in [1.807, 2.05) is 0 Å². The topological polar surface area (TPSA) is 85.8 Å². The highest BCUT2D eigenvalue weighted by molar-refractivity contribution is 7.12.